The van der Waals surface area contributed by atoms with Gasteiger partial charge in [-0.3, -0.25) is 4.79 Å². The fourth-order valence-corrected chi connectivity index (χ4v) is 2.69. The van der Waals surface area contributed by atoms with Crippen molar-refractivity contribution < 1.29 is 4.79 Å². The molecule has 1 aromatic carbocycles. The molecule has 0 spiro atoms. The summed E-state index contributed by atoms with van der Waals surface area (Å²) in [6, 6.07) is 8.52. The van der Waals surface area contributed by atoms with Crippen LogP contribution >= 0.6 is 0 Å². The van der Waals surface area contributed by atoms with Crippen LogP contribution < -0.4 is 10.6 Å². The summed E-state index contributed by atoms with van der Waals surface area (Å²) >= 11 is 0. The minimum Gasteiger partial charge on any atom is -0.382 e. The second-order valence-electron chi connectivity index (χ2n) is 5.38. The van der Waals surface area contributed by atoms with Gasteiger partial charge in [-0.15, -0.1) is 0 Å². The van der Waals surface area contributed by atoms with Crippen molar-refractivity contribution in [2.45, 2.75) is 45.6 Å². The molecule has 1 aliphatic rings. The molecule has 18 heavy (non-hydrogen) atoms. The van der Waals surface area contributed by atoms with E-state index in [4.69, 9.17) is 0 Å². The molecule has 3 nitrogen and oxygen atoms in total. The van der Waals surface area contributed by atoms with Crippen LogP contribution in [0.2, 0.25) is 0 Å². The minimum atomic E-state index is -0.0292. The number of rotatable bonds is 3. The molecule has 0 bridgehead atoms. The van der Waals surface area contributed by atoms with E-state index in [1.807, 2.05) is 18.2 Å². The molecule has 1 fully saturated rings. The van der Waals surface area contributed by atoms with E-state index in [1.165, 1.54) is 32.6 Å². The van der Waals surface area contributed by atoms with E-state index in [1.54, 1.807) is 0 Å². The van der Waals surface area contributed by atoms with Crippen LogP contribution in [-0.2, 0) is 4.79 Å². The molecule has 2 rings (SSSR count). The number of hydrogen-bond acceptors (Lipinski definition) is 2. The standard InChI is InChI=1S/C15H22N2O/c1-11-5-3-6-13(9-11)17-15-8-4-7-14(10-15)16-12(2)18/h4,7-8,10-11,13,17H,3,5-6,9H2,1-2H3,(H,16,18). The van der Waals surface area contributed by atoms with Crippen LogP contribution in [0.3, 0.4) is 0 Å². The lowest BCUT2D eigenvalue weighted by Gasteiger charge is -2.28. The molecule has 1 aromatic rings. The molecule has 2 unspecified atom stereocenters. The summed E-state index contributed by atoms with van der Waals surface area (Å²) in [5.41, 5.74) is 1.96. The van der Waals surface area contributed by atoms with Crippen LogP contribution in [0, 0.1) is 5.92 Å². The first kappa shape index (κ1) is 12.9. The first-order valence-electron chi connectivity index (χ1n) is 6.77. The van der Waals surface area contributed by atoms with Gasteiger partial charge >= 0.3 is 0 Å². The zero-order valence-corrected chi connectivity index (χ0v) is 11.2. The predicted octanol–water partition coefficient (Wildman–Crippen LogP) is 3.64. The molecule has 0 aliphatic heterocycles. The molecule has 1 amide bonds. The van der Waals surface area contributed by atoms with Crippen LogP contribution in [0.4, 0.5) is 11.4 Å². The molecule has 0 saturated heterocycles. The molecule has 0 radical (unpaired) electrons. The third-order valence-electron chi connectivity index (χ3n) is 3.49. The number of anilines is 2. The van der Waals surface area contributed by atoms with Crippen LogP contribution in [0.1, 0.15) is 39.5 Å². The molecular formula is C15H22N2O. The second-order valence-corrected chi connectivity index (χ2v) is 5.38. The molecular weight excluding hydrogens is 224 g/mol. The van der Waals surface area contributed by atoms with E-state index in [2.05, 4.69) is 23.6 Å². The quantitative estimate of drug-likeness (QED) is 0.855. The maximum atomic E-state index is 11.0. The highest BCUT2D eigenvalue weighted by molar-refractivity contribution is 5.89. The minimum absolute atomic E-state index is 0.0292. The lowest BCUT2D eigenvalue weighted by molar-refractivity contribution is -0.114. The molecule has 3 heteroatoms. The molecule has 1 saturated carbocycles. The van der Waals surface area contributed by atoms with Crippen molar-refractivity contribution in [3.05, 3.63) is 24.3 Å². The van der Waals surface area contributed by atoms with Crippen LogP contribution in [0.25, 0.3) is 0 Å². The van der Waals surface area contributed by atoms with Gasteiger partial charge in [0.05, 0.1) is 0 Å². The molecule has 98 valence electrons. The second kappa shape index (κ2) is 5.89. The Hall–Kier alpha value is -1.51. The molecule has 2 N–H and O–H groups in total. The molecule has 0 aromatic heterocycles. The van der Waals surface area contributed by atoms with E-state index in [0.29, 0.717) is 6.04 Å². The van der Waals surface area contributed by atoms with Gasteiger partial charge < -0.3 is 10.6 Å². The number of amides is 1. The summed E-state index contributed by atoms with van der Waals surface area (Å²) in [6.07, 6.45) is 5.15. The van der Waals surface area contributed by atoms with E-state index in [-0.39, 0.29) is 5.91 Å². The van der Waals surface area contributed by atoms with E-state index in [9.17, 15) is 4.79 Å². The Bertz CT molecular complexity index is 417. The van der Waals surface area contributed by atoms with Gasteiger partial charge in [0.15, 0.2) is 0 Å². The van der Waals surface area contributed by atoms with Gasteiger partial charge in [-0.2, -0.15) is 0 Å². The SMILES string of the molecule is CC(=O)Nc1cccc(NC2CCCC(C)C2)c1. The summed E-state index contributed by atoms with van der Waals surface area (Å²) in [4.78, 5) is 11.0. The third-order valence-corrected chi connectivity index (χ3v) is 3.49. The summed E-state index contributed by atoms with van der Waals surface area (Å²) in [5.74, 6) is 0.785. The maximum Gasteiger partial charge on any atom is 0.221 e. The summed E-state index contributed by atoms with van der Waals surface area (Å²) in [7, 11) is 0. The van der Waals surface area contributed by atoms with Crippen molar-refractivity contribution in [1.29, 1.82) is 0 Å². The lowest BCUT2D eigenvalue weighted by atomic mass is 9.87. The Kier molecular flexibility index (Phi) is 4.24. The average Bonchev–Trinajstić information content (AvgIpc) is 2.28. The Morgan fingerprint density at radius 2 is 2.06 bits per heavy atom. The van der Waals surface area contributed by atoms with Crippen LogP contribution in [0.5, 0.6) is 0 Å². The van der Waals surface area contributed by atoms with Crippen molar-refractivity contribution in [3.63, 3.8) is 0 Å². The number of benzene rings is 1. The Morgan fingerprint density at radius 3 is 2.78 bits per heavy atom. The monoisotopic (exact) mass is 246 g/mol. The lowest BCUT2D eigenvalue weighted by Crippen LogP contribution is -2.26. The number of carbonyl (C=O) groups excluding carboxylic acids is 1. The highest BCUT2D eigenvalue weighted by atomic mass is 16.1. The van der Waals surface area contributed by atoms with Gasteiger partial charge in [-0.1, -0.05) is 25.8 Å². The Morgan fingerprint density at radius 1 is 1.28 bits per heavy atom. The predicted molar refractivity (Wildman–Crippen MR) is 75.8 cm³/mol. The third kappa shape index (κ3) is 3.76. The Labute approximate surface area is 109 Å². The highest BCUT2D eigenvalue weighted by Gasteiger charge is 2.18. The van der Waals surface area contributed by atoms with Gasteiger partial charge in [0.1, 0.15) is 0 Å². The number of hydrogen-bond donors (Lipinski definition) is 2. The normalized spacial score (nSPS) is 23.4. The summed E-state index contributed by atoms with van der Waals surface area (Å²) in [5, 5.41) is 6.39. The zero-order valence-electron chi connectivity index (χ0n) is 11.2. The van der Waals surface area contributed by atoms with E-state index in [0.717, 1.165) is 17.3 Å². The largest absolute Gasteiger partial charge is 0.382 e. The fourth-order valence-electron chi connectivity index (χ4n) is 2.69. The van der Waals surface area contributed by atoms with Crippen molar-refractivity contribution in [1.82, 2.24) is 0 Å². The van der Waals surface area contributed by atoms with Crippen molar-refractivity contribution in [2.75, 3.05) is 10.6 Å². The number of carbonyl (C=O) groups is 1. The van der Waals surface area contributed by atoms with E-state index < -0.39 is 0 Å². The van der Waals surface area contributed by atoms with Crippen molar-refractivity contribution in [2.24, 2.45) is 5.92 Å². The van der Waals surface area contributed by atoms with Crippen LogP contribution in [-0.4, -0.2) is 11.9 Å². The average molecular weight is 246 g/mol. The van der Waals surface area contributed by atoms with E-state index >= 15 is 0 Å². The smallest absolute Gasteiger partial charge is 0.221 e. The summed E-state index contributed by atoms with van der Waals surface area (Å²) in [6.45, 7) is 3.85. The topological polar surface area (TPSA) is 41.1 Å². The fraction of sp³-hybridized carbons (Fsp3) is 0.533. The van der Waals surface area contributed by atoms with Gasteiger partial charge in [-0.05, 0) is 37.0 Å². The Balaban J connectivity index is 1.98. The summed E-state index contributed by atoms with van der Waals surface area (Å²) < 4.78 is 0. The number of nitrogens with one attached hydrogen (secondary N) is 2. The first-order chi connectivity index (χ1) is 8.63. The highest BCUT2D eigenvalue weighted by Crippen LogP contribution is 2.26. The van der Waals surface area contributed by atoms with Gasteiger partial charge in [-0.25, -0.2) is 0 Å². The molecule has 0 heterocycles. The van der Waals surface area contributed by atoms with Crippen LogP contribution in [0.15, 0.2) is 24.3 Å². The van der Waals surface area contributed by atoms with Gasteiger partial charge in [0, 0.05) is 24.3 Å². The van der Waals surface area contributed by atoms with Crippen molar-refractivity contribution >= 4 is 17.3 Å². The van der Waals surface area contributed by atoms with Gasteiger partial charge in [0.25, 0.3) is 0 Å². The maximum absolute atomic E-state index is 11.0. The zero-order chi connectivity index (χ0) is 13.0. The first-order valence-corrected chi connectivity index (χ1v) is 6.77. The van der Waals surface area contributed by atoms with Crippen molar-refractivity contribution in [3.8, 4) is 0 Å². The van der Waals surface area contributed by atoms with Gasteiger partial charge in [0.2, 0.25) is 5.91 Å². The molecule has 2 atom stereocenters. The molecule has 1 aliphatic carbocycles.